The van der Waals surface area contributed by atoms with Gasteiger partial charge in [-0.05, 0) is 37.3 Å². The summed E-state index contributed by atoms with van der Waals surface area (Å²) in [5.74, 6) is 0.0889. The molecule has 3 rings (SSSR count). The van der Waals surface area contributed by atoms with Crippen molar-refractivity contribution in [1.82, 2.24) is 10.2 Å². The highest BCUT2D eigenvalue weighted by atomic mass is 16.6. The third-order valence-corrected chi connectivity index (χ3v) is 3.94. The highest BCUT2D eigenvalue weighted by Gasteiger charge is 2.14. The Bertz CT molecular complexity index is 986. The first kappa shape index (κ1) is 18.0. The Kier molecular flexibility index (Phi) is 5.07. The maximum Gasteiger partial charge on any atom is 0.272 e. The zero-order valence-corrected chi connectivity index (χ0v) is 14.7. The summed E-state index contributed by atoms with van der Waals surface area (Å²) >= 11 is 0. The van der Waals surface area contributed by atoms with E-state index in [1.807, 2.05) is 12.1 Å². The summed E-state index contributed by atoms with van der Waals surface area (Å²) in [7, 11) is 1.52. The van der Waals surface area contributed by atoms with E-state index in [1.54, 1.807) is 31.2 Å². The fraction of sp³-hybridized carbons (Fsp3) is 0.105. The van der Waals surface area contributed by atoms with Gasteiger partial charge in [0, 0.05) is 34.5 Å². The number of ether oxygens (including phenoxy) is 1. The second-order valence-electron chi connectivity index (χ2n) is 5.75. The summed E-state index contributed by atoms with van der Waals surface area (Å²) in [5.41, 5.74) is 2.89. The van der Waals surface area contributed by atoms with E-state index in [9.17, 15) is 14.9 Å². The summed E-state index contributed by atoms with van der Waals surface area (Å²) in [4.78, 5) is 22.7. The zero-order valence-electron chi connectivity index (χ0n) is 14.7. The molecular formula is C19H16N4O4. The van der Waals surface area contributed by atoms with Crippen molar-refractivity contribution in [3.8, 4) is 17.1 Å². The minimum absolute atomic E-state index is 0.0171. The van der Waals surface area contributed by atoms with Crippen LogP contribution in [0.15, 0.2) is 54.6 Å². The van der Waals surface area contributed by atoms with Gasteiger partial charge in [-0.1, -0.05) is 12.1 Å². The number of nitrogens with zero attached hydrogens (tertiary/aromatic N) is 3. The average molecular weight is 364 g/mol. The van der Waals surface area contributed by atoms with Crippen molar-refractivity contribution in [1.29, 1.82) is 0 Å². The molecule has 136 valence electrons. The normalized spacial score (nSPS) is 10.3. The van der Waals surface area contributed by atoms with E-state index in [-0.39, 0.29) is 11.6 Å². The Morgan fingerprint density at radius 3 is 2.37 bits per heavy atom. The average Bonchev–Trinajstić information content (AvgIpc) is 2.68. The molecule has 1 N–H and O–H groups in total. The van der Waals surface area contributed by atoms with Gasteiger partial charge in [0.1, 0.15) is 0 Å². The molecule has 3 aromatic rings. The molecule has 0 saturated carbocycles. The van der Waals surface area contributed by atoms with Crippen LogP contribution in [0, 0.1) is 17.0 Å². The predicted molar refractivity (Wildman–Crippen MR) is 99.8 cm³/mol. The van der Waals surface area contributed by atoms with Crippen LogP contribution in [0.4, 0.5) is 11.4 Å². The molecule has 1 heterocycles. The third-order valence-electron chi connectivity index (χ3n) is 3.94. The number of anilines is 1. The van der Waals surface area contributed by atoms with E-state index in [0.717, 1.165) is 5.56 Å². The van der Waals surface area contributed by atoms with Crippen molar-refractivity contribution in [2.24, 2.45) is 0 Å². The monoisotopic (exact) mass is 364 g/mol. The standard InChI is InChI=1S/C19H16N4O4/c1-12-11-14(5-9-17(12)23(25)26)19(24)20-15-6-3-13(4-7-15)16-8-10-18(27-2)22-21-16/h3-11H,1-2H3,(H,20,24). The van der Waals surface area contributed by atoms with Crippen LogP contribution in [0.25, 0.3) is 11.3 Å². The quantitative estimate of drug-likeness (QED) is 0.547. The Hall–Kier alpha value is -3.81. The lowest BCUT2D eigenvalue weighted by atomic mass is 10.1. The van der Waals surface area contributed by atoms with Gasteiger partial charge in [-0.15, -0.1) is 10.2 Å². The SMILES string of the molecule is COc1ccc(-c2ccc(NC(=O)c3ccc([N+](=O)[O-])c(C)c3)cc2)nn1. The van der Waals surface area contributed by atoms with Gasteiger partial charge < -0.3 is 10.1 Å². The molecule has 0 aliphatic heterocycles. The molecule has 27 heavy (non-hydrogen) atoms. The number of carbonyl (C=O) groups excluding carboxylic acids is 1. The highest BCUT2D eigenvalue weighted by molar-refractivity contribution is 6.04. The van der Waals surface area contributed by atoms with Gasteiger partial charge in [0.05, 0.1) is 17.7 Å². The molecule has 0 spiro atoms. The molecule has 1 amide bonds. The number of aromatic nitrogens is 2. The molecule has 0 aliphatic rings. The number of nitrogens with one attached hydrogen (secondary N) is 1. The lowest BCUT2D eigenvalue weighted by Crippen LogP contribution is -2.12. The molecule has 0 unspecified atom stereocenters. The lowest BCUT2D eigenvalue weighted by Gasteiger charge is -2.07. The van der Waals surface area contributed by atoms with Gasteiger partial charge in [-0.2, -0.15) is 0 Å². The van der Waals surface area contributed by atoms with Crippen LogP contribution in [0.2, 0.25) is 0 Å². The molecule has 0 bridgehead atoms. The van der Waals surface area contributed by atoms with Crippen molar-refractivity contribution in [3.63, 3.8) is 0 Å². The minimum Gasteiger partial charge on any atom is -0.480 e. The fourth-order valence-corrected chi connectivity index (χ4v) is 2.51. The molecular weight excluding hydrogens is 348 g/mol. The van der Waals surface area contributed by atoms with E-state index in [0.29, 0.717) is 28.4 Å². The van der Waals surface area contributed by atoms with Crippen LogP contribution >= 0.6 is 0 Å². The second-order valence-corrected chi connectivity index (χ2v) is 5.75. The number of hydrogen-bond acceptors (Lipinski definition) is 6. The van der Waals surface area contributed by atoms with Crippen molar-refractivity contribution >= 4 is 17.3 Å². The summed E-state index contributed by atoms with van der Waals surface area (Å²) in [6.07, 6.45) is 0. The van der Waals surface area contributed by atoms with Crippen LogP contribution in [-0.2, 0) is 0 Å². The van der Waals surface area contributed by atoms with E-state index in [2.05, 4.69) is 15.5 Å². The van der Waals surface area contributed by atoms with Gasteiger partial charge in [0.25, 0.3) is 11.6 Å². The van der Waals surface area contributed by atoms with E-state index in [1.165, 1.54) is 25.3 Å². The number of rotatable bonds is 5. The highest BCUT2D eigenvalue weighted by Crippen LogP contribution is 2.22. The molecule has 8 heteroatoms. The van der Waals surface area contributed by atoms with E-state index < -0.39 is 4.92 Å². The molecule has 1 aromatic heterocycles. The van der Waals surface area contributed by atoms with Gasteiger partial charge in [0.2, 0.25) is 5.88 Å². The van der Waals surface area contributed by atoms with Crippen LogP contribution < -0.4 is 10.1 Å². The number of aryl methyl sites for hydroxylation is 1. The second kappa shape index (κ2) is 7.61. The summed E-state index contributed by atoms with van der Waals surface area (Å²) in [5, 5.41) is 21.6. The van der Waals surface area contributed by atoms with Crippen LogP contribution in [0.3, 0.4) is 0 Å². The first-order valence-electron chi connectivity index (χ1n) is 8.02. The number of nitro benzene ring substituents is 1. The molecule has 0 aliphatic carbocycles. The zero-order chi connectivity index (χ0) is 19.4. The van der Waals surface area contributed by atoms with Crippen molar-refractivity contribution in [2.45, 2.75) is 6.92 Å². The Morgan fingerprint density at radius 2 is 1.81 bits per heavy atom. The van der Waals surface area contributed by atoms with Crippen LogP contribution in [0.5, 0.6) is 5.88 Å². The topological polar surface area (TPSA) is 107 Å². The maximum atomic E-state index is 12.4. The van der Waals surface area contributed by atoms with Gasteiger partial charge >= 0.3 is 0 Å². The summed E-state index contributed by atoms with van der Waals surface area (Å²) in [6.45, 7) is 1.60. The first-order valence-corrected chi connectivity index (χ1v) is 8.02. The largest absolute Gasteiger partial charge is 0.480 e. The summed E-state index contributed by atoms with van der Waals surface area (Å²) < 4.78 is 4.98. The van der Waals surface area contributed by atoms with Crippen molar-refractivity contribution in [3.05, 3.63) is 75.8 Å². The molecule has 0 fully saturated rings. The Morgan fingerprint density at radius 1 is 1.07 bits per heavy atom. The Labute approximate surface area is 155 Å². The number of methoxy groups -OCH3 is 1. The van der Waals surface area contributed by atoms with Crippen molar-refractivity contribution in [2.75, 3.05) is 12.4 Å². The molecule has 8 nitrogen and oxygen atoms in total. The predicted octanol–water partition coefficient (Wildman–Crippen LogP) is 3.62. The first-order chi connectivity index (χ1) is 13.0. The fourth-order valence-electron chi connectivity index (χ4n) is 2.51. The van der Waals surface area contributed by atoms with Gasteiger partial charge in [0.15, 0.2) is 0 Å². The molecule has 0 atom stereocenters. The number of hydrogen-bond donors (Lipinski definition) is 1. The van der Waals surface area contributed by atoms with E-state index in [4.69, 9.17) is 4.74 Å². The number of amides is 1. The number of benzene rings is 2. The third kappa shape index (κ3) is 4.06. The molecule has 0 radical (unpaired) electrons. The number of nitro groups is 1. The van der Waals surface area contributed by atoms with Gasteiger partial charge in [-0.3, -0.25) is 14.9 Å². The smallest absolute Gasteiger partial charge is 0.272 e. The van der Waals surface area contributed by atoms with E-state index >= 15 is 0 Å². The van der Waals surface area contributed by atoms with Gasteiger partial charge in [-0.25, -0.2) is 0 Å². The minimum atomic E-state index is -0.474. The van der Waals surface area contributed by atoms with Crippen molar-refractivity contribution < 1.29 is 14.5 Å². The number of carbonyl (C=O) groups is 1. The molecule has 2 aromatic carbocycles. The lowest BCUT2D eigenvalue weighted by molar-refractivity contribution is -0.385. The Balaban J connectivity index is 1.73. The van der Waals surface area contributed by atoms with Crippen LogP contribution in [0.1, 0.15) is 15.9 Å². The molecule has 0 saturated heterocycles. The van der Waals surface area contributed by atoms with Crippen LogP contribution in [-0.4, -0.2) is 28.1 Å². The summed E-state index contributed by atoms with van der Waals surface area (Å²) in [6, 6.07) is 14.9. The maximum absolute atomic E-state index is 12.4.